The molecule has 1 heteroatoms. The molecule has 0 spiro atoms. The zero-order valence-corrected chi connectivity index (χ0v) is 18.9. The van der Waals surface area contributed by atoms with Crippen LogP contribution in [0.4, 0.5) is 0 Å². The standard InChI is InChI=1S/C30H30O/c1-29(2)17-26(31)22-12-6-11-19-14-21(16-25(29)28(19)22)24-15-20-10-5-8-18-9-7-13-23(27(18)20)30(24,3)4/h5-14,16,24,26,31H,15,17H2,1-4H3. The van der Waals surface area contributed by atoms with Gasteiger partial charge >= 0.3 is 0 Å². The number of aliphatic hydroxyl groups is 1. The van der Waals surface area contributed by atoms with Crippen LogP contribution >= 0.6 is 0 Å². The lowest BCUT2D eigenvalue weighted by atomic mass is 9.62. The monoisotopic (exact) mass is 406 g/mol. The first-order valence-electron chi connectivity index (χ1n) is 11.5. The van der Waals surface area contributed by atoms with E-state index in [-0.39, 0.29) is 16.9 Å². The highest BCUT2D eigenvalue weighted by atomic mass is 16.3. The summed E-state index contributed by atoms with van der Waals surface area (Å²) in [4.78, 5) is 0. The quantitative estimate of drug-likeness (QED) is 0.351. The molecular formula is C30H30O. The summed E-state index contributed by atoms with van der Waals surface area (Å²) in [5.41, 5.74) is 6.86. The van der Waals surface area contributed by atoms with E-state index in [1.165, 1.54) is 43.8 Å². The Morgan fingerprint density at radius 1 is 0.774 bits per heavy atom. The first-order chi connectivity index (χ1) is 14.8. The van der Waals surface area contributed by atoms with Crippen molar-refractivity contribution in [2.24, 2.45) is 0 Å². The SMILES string of the molecule is CC1(C)CC(O)c2cccc3cc(C4Cc5cccc6cccc(c56)C4(C)C)cc1c23. The van der Waals surface area contributed by atoms with Gasteiger partial charge in [0.1, 0.15) is 0 Å². The van der Waals surface area contributed by atoms with Gasteiger partial charge in [-0.1, -0.05) is 94.4 Å². The van der Waals surface area contributed by atoms with Gasteiger partial charge in [-0.3, -0.25) is 0 Å². The van der Waals surface area contributed by atoms with E-state index in [0.717, 1.165) is 18.4 Å². The largest absolute Gasteiger partial charge is 0.388 e. The maximum absolute atomic E-state index is 10.8. The van der Waals surface area contributed by atoms with Crippen molar-refractivity contribution >= 4 is 21.5 Å². The van der Waals surface area contributed by atoms with Gasteiger partial charge in [-0.25, -0.2) is 0 Å². The molecule has 0 fully saturated rings. The highest BCUT2D eigenvalue weighted by Gasteiger charge is 2.40. The summed E-state index contributed by atoms with van der Waals surface area (Å²) in [7, 11) is 0. The minimum Gasteiger partial charge on any atom is -0.388 e. The summed E-state index contributed by atoms with van der Waals surface area (Å²) in [6, 6.07) is 24.9. The van der Waals surface area contributed by atoms with Crippen LogP contribution < -0.4 is 0 Å². The Morgan fingerprint density at radius 2 is 1.48 bits per heavy atom. The molecule has 0 aromatic heterocycles. The molecule has 2 aliphatic carbocycles. The van der Waals surface area contributed by atoms with Gasteiger partial charge in [0.2, 0.25) is 0 Å². The number of hydrogen-bond acceptors (Lipinski definition) is 1. The van der Waals surface area contributed by atoms with E-state index in [1.54, 1.807) is 0 Å². The molecule has 0 saturated heterocycles. The summed E-state index contributed by atoms with van der Waals surface area (Å²) in [5, 5.41) is 16.2. The number of aliphatic hydroxyl groups excluding tert-OH is 1. The maximum Gasteiger partial charge on any atom is 0.0804 e. The topological polar surface area (TPSA) is 20.2 Å². The van der Waals surface area contributed by atoms with Crippen LogP contribution in [0.5, 0.6) is 0 Å². The Labute approximate surface area is 184 Å². The summed E-state index contributed by atoms with van der Waals surface area (Å²) in [6.45, 7) is 9.41. The third-order valence-electron chi connectivity index (χ3n) is 8.21. The highest BCUT2D eigenvalue weighted by Crippen LogP contribution is 2.51. The second-order valence-corrected chi connectivity index (χ2v) is 10.9. The Balaban J connectivity index is 1.60. The molecule has 0 bridgehead atoms. The van der Waals surface area contributed by atoms with Crippen molar-refractivity contribution in [2.45, 2.75) is 63.4 Å². The minimum absolute atomic E-state index is 0.0429. The molecule has 4 aromatic carbocycles. The number of benzene rings is 4. The van der Waals surface area contributed by atoms with Crippen LogP contribution in [0.1, 0.15) is 74.0 Å². The Hall–Kier alpha value is -2.64. The van der Waals surface area contributed by atoms with Gasteiger partial charge in [-0.05, 0) is 79.0 Å². The summed E-state index contributed by atoms with van der Waals surface area (Å²) >= 11 is 0. The molecule has 0 heterocycles. The second kappa shape index (κ2) is 6.20. The molecule has 2 atom stereocenters. The molecule has 2 unspecified atom stereocenters. The lowest BCUT2D eigenvalue weighted by Gasteiger charge is -2.42. The van der Waals surface area contributed by atoms with E-state index in [1.807, 2.05) is 0 Å². The van der Waals surface area contributed by atoms with Crippen molar-refractivity contribution in [2.75, 3.05) is 0 Å². The van der Waals surface area contributed by atoms with Crippen molar-refractivity contribution in [3.8, 4) is 0 Å². The van der Waals surface area contributed by atoms with Crippen LogP contribution in [0, 0.1) is 0 Å². The van der Waals surface area contributed by atoms with E-state index in [9.17, 15) is 5.11 Å². The predicted octanol–water partition coefficient (Wildman–Crippen LogP) is 7.33. The average Bonchev–Trinajstić information content (AvgIpc) is 2.74. The fourth-order valence-corrected chi connectivity index (χ4v) is 6.52. The van der Waals surface area contributed by atoms with Crippen molar-refractivity contribution in [3.05, 3.63) is 94.5 Å². The van der Waals surface area contributed by atoms with Gasteiger partial charge in [-0.15, -0.1) is 0 Å². The lowest BCUT2D eigenvalue weighted by Crippen LogP contribution is -2.33. The van der Waals surface area contributed by atoms with Crippen LogP contribution in [0.15, 0.2) is 66.7 Å². The summed E-state index contributed by atoms with van der Waals surface area (Å²) in [5.74, 6) is 0.417. The minimum atomic E-state index is -0.382. The number of hydrogen-bond donors (Lipinski definition) is 1. The molecule has 1 nitrogen and oxygen atoms in total. The first-order valence-corrected chi connectivity index (χ1v) is 11.5. The van der Waals surface area contributed by atoms with Gasteiger partial charge < -0.3 is 5.11 Å². The lowest BCUT2D eigenvalue weighted by molar-refractivity contribution is 0.137. The highest BCUT2D eigenvalue weighted by molar-refractivity contribution is 5.93. The molecule has 6 rings (SSSR count). The van der Waals surface area contributed by atoms with Gasteiger partial charge in [-0.2, -0.15) is 0 Å². The predicted molar refractivity (Wildman–Crippen MR) is 130 cm³/mol. The van der Waals surface area contributed by atoms with Gasteiger partial charge in [0.15, 0.2) is 0 Å². The Bertz CT molecular complexity index is 1350. The van der Waals surface area contributed by atoms with Crippen molar-refractivity contribution in [1.29, 1.82) is 0 Å². The fourth-order valence-electron chi connectivity index (χ4n) is 6.52. The normalized spacial score (nSPS) is 23.3. The Morgan fingerprint density at radius 3 is 2.29 bits per heavy atom. The number of rotatable bonds is 1. The van der Waals surface area contributed by atoms with Crippen LogP contribution in [-0.2, 0) is 17.3 Å². The molecule has 4 aromatic rings. The maximum atomic E-state index is 10.8. The molecule has 1 N–H and O–H groups in total. The molecular weight excluding hydrogens is 376 g/mol. The molecule has 0 radical (unpaired) electrons. The third-order valence-corrected chi connectivity index (χ3v) is 8.21. The smallest absolute Gasteiger partial charge is 0.0804 e. The molecule has 0 saturated carbocycles. The molecule has 2 aliphatic rings. The van der Waals surface area contributed by atoms with Gasteiger partial charge in [0, 0.05) is 0 Å². The average molecular weight is 407 g/mol. The van der Waals surface area contributed by atoms with Crippen LogP contribution in [-0.4, -0.2) is 5.11 Å². The van der Waals surface area contributed by atoms with Crippen LogP contribution in [0.3, 0.4) is 0 Å². The Kier molecular flexibility index (Phi) is 3.82. The molecule has 31 heavy (non-hydrogen) atoms. The van der Waals surface area contributed by atoms with E-state index in [2.05, 4.69) is 94.4 Å². The van der Waals surface area contributed by atoms with E-state index < -0.39 is 0 Å². The summed E-state index contributed by atoms with van der Waals surface area (Å²) in [6.07, 6.45) is 1.46. The summed E-state index contributed by atoms with van der Waals surface area (Å²) < 4.78 is 0. The second-order valence-electron chi connectivity index (χ2n) is 10.9. The van der Waals surface area contributed by atoms with Crippen molar-refractivity contribution in [3.63, 3.8) is 0 Å². The zero-order chi connectivity index (χ0) is 21.5. The van der Waals surface area contributed by atoms with Crippen molar-refractivity contribution < 1.29 is 5.11 Å². The zero-order valence-electron chi connectivity index (χ0n) is 18.9. The first kappa shape index (κ1) is 19.1. The van der Waals surface area contributed by atoms with Gasteiger partial charge in [0.05, 0.1) is 6.10 Å². The van der Waals surface area contributed by atoms with E-state index in [4.69, 9.17) is 0 Å². The van der Waals surface area contributed by atoms with E-state index in [0.29, 0.717) is 5.92 Å². The van der Waals surface area contributed by atoms with Crippen LogP contribution in [0.25, 0.3) is 21.5 Å². The molecule has 0 amide bonds. The van der Waals surface area contributed by atoms with Crippen molar-refractivity contribution in [1.82, 2.24) is 0 Å². The van der Waals surface area contributed by atoms with Crippen LogP contribution in [0.2, 0.25) is 0 Å². The van der Waals surface area contributed by atoms with Gasteiger partial charge in [0.25, 0.3) is 0 Å². The van der Waals surface area contributed by atoms with E-state index >= 15 is 0 Å². The molecule has 0 aliphatic heterocycles. The third kappa shape index (κ3) is 2.59. The fraction of sp³-hybridized carbons (Fsp3) is 0.333. The molecule has 156 valence electrons.